The molecule has 2 heterocycles. The van der Waals surface area contributed by atoms with Crippen LogP contribution in [0.1, 0.15) is 50.8 Å². The average Bonchev–Trinajstić information content (AvgIpc) is 2.93. The first-order chi connectivity index (χ1) is 8.88. The summed E-state index contributed by atoms with van der Waals surface area (Å²) >= 11 is 0. The predicted molar refractivity (Wildman–Crippen MR) is 75.9 cm³/mol. The minimum Gasteiger partial charge on any atom is -0.468 e. The molecule has 0 saturated carbocycles. The third-order valence-electron chi connectivity index (χ3n) is 3.18. The van der Waals surface area contributed by atoms with Crippen molar-refractivity contribution in [3.63, 3.8) is 0 Å². The quantitative estimate of drug-likeness (QED) is 0.919. The number of rotatable bonds is 4. The van der Waals surface area contributed by atoms with Gasteiger partial charge >= 0.3 is 0 Å². The highest BCUT2D eigenvalue weighted by Gasteiger charge is 2.22. The van der Waals surface area contributed by atoms with Gasteiger partial charge in [0.25, 0.3) is 0 Å². The molecule has 0 bridgehead atoms. The molecule has 1 atom stereocenters. The minimum atomic E-state index is 0.0617. The van der Waals surface area contributed by atoms with Crippen molar-refractivity contribution in [2.75, 3.05) is 0 Å². The summed E-state index contributed by atoms with van der Waals surface area (Å²) in [5.74, 6) is 0.959. The Morgan fingerprint density at radius 1 is 1.42 bits per heavy atom. The Hall–Kier alpha value is -1.55. The van der Waals surface area contributed by atoms with Gasteiger partial charge in [0.1, 0.15) is 5.76 Å². The van der Waals surface area contributed by atoms with Gasteiger partial charge in [-0.1, -0.05) is 20.8 Å². The van der Waals surface area contributed by atoms with E-state index < -0.39 is 0 Å². The van der Waals surface area contributed by atoms with Crippen LogP contribution in [0.3, 0.4) is 0 Å². The lowest BCUT2D eigenvalue weighted by Crippen LogP contribution is -2.21. The first-order valence-electron chi connectivity index (χ1n) is 6.67. The molecule has 0 radical (unpaired) electrons. The first kappa shape index (κ1) is 13.9. The van der Waals surface area contributed by atoms with Gasteiger partial charge in [-0.15, -0.1) is 0 Å². The van der Waals surface area contributed by atoms with Gasteiger partial charge in [0, 0.05) is 30.8 Å². The first-order valence-corrected chi connectivity index (χ1v) is 6.67. The number of hydrogen-bond donors (Lipinski definition) is 1. The van der Waals surface area contributed by atoms with E-state index in [0.29, 0.717) is 0 Å². The van der Waals surface area contributed by atoms with Gasteiger partial charge in [-0.2, -0.15) is 5.10 Å². The van der Waals surface area contributed by atoms with E-state index in [1.54, 1.807) is 6.26 Å². The lowest BCUT2D eigenvalue weighted by Gasteiger charge is -2.18. The van der Waals surface area contributed by atoms with Crippen molar-refractivity contribution in [3.05, 3.63) is 41.6 Å². The fourth-order valence-electron chi connectivity index (χ4n) is 2.20. The molecule has 0 aliphatic rings. The molecular weight excluding hydrogens is 238 g/mol. The molecule has 104 valence electrons. The van der Waals surface area contributed by atoms with E-state index in [-0.39, 0.29) is 11.5 Å². The maximum Gasteiger partial charge on any atom is 0.120 e. The number of aryl methyl sites for hydroxylation is 1. The molecule has 0 fully saturated rings. The Labute approximate surface area is 114 Å². The smallest absolute Gasteiger partial charge is 0.120 e. The Morgan fingerprint density at radius 2 is 2.16 bits per heavy atom. The normalized spacial score (nSPS) is 13.7. The minimum absolute atomic E-state index is 0.0617. The lowest BCUT2D eigenvalue weighted by atomic mass is 9.89. The number of hydrogen-bond acceptors (Lipinski definition) is 3. The van der Waals surface area contributed by atoms with Crippen LogP contribution in [0.25, 0.3) is 0 Å². The summed E-state index contributed by atoms with van der Waals surface area (Å²) in [6.45, 7) is 9.46. The molecule has 0 aliphatic heterocycles. The van der Waals surface area contributed by atoms with E-state index >= 15 is 0 Å². The molecule has 0 aliphatic carbocycles. The Morgan fingerprint density at radius 3 is 2.74 bits per heavy atom. The third-order valence-corrected chi connectivity index (χ3v) is 3.18. The number of nitrogens with zero attached hydrogens (tertiary/aromatic N) is 2. The molecule has 4 nitrogen and oxygen atoms in total. The van der Waals surface area contributed by atoms with E-state index in [4.69, 9.17) is 4.42 Å². The van der Waals surface area contributed by atoms with Crippen molar-refractivity contribution >= 4 is 0 Å². The van der Waals surface area contributed by atoms with Crippen molar-refractivity contribution < 1.29 is 4.42 Å². The molecule has 2 aromatic rings. The maximum atomic E-state index is 5.40. The highest BCUT2D eigenvalue weighted by molar-refractivity contribution is 5.24. The third kappa shape index (κ3) is 3.26. The number of furan rings is 1. The Kier molecular flexibility index (Phi) is 3.80. The van der Waals surface area contributed by atoms with Crippen molar-refractivity contribution in [1.82, 2.24) is 15.1 Å². The molecular formula is C15H23N3O. The number of nitrogens with one attached hydrogen (secondary N) is 1. The van der Waals surface area contributed by atoms with Crippen LogP contribution in [0, 0.1) is 0 Å². The fourth-order valence-corrected chi connectivity index (χ4v) is 2.20. The van der Waals surface area contributed by atoms with Gasteiger partial charge in [0.2, 0.25) is 0 Å². The van der Waals surface area contributed by atoms with E-state index in [1.165, 1.54) is 5.56 Å². The topological polar surface area (TPSA) is 43.0 Å². The lowest BCUT2D eigenvalue weighted by molar-refractivity contribution is 0.428. The largest absolute Gasteiger partial charge is 0.468 e. The van der Waals surface area contributed by atoms with Crippen LogP contribution >= 0.6 is 0 Å². The average molecular weight is 261 g/mol. The van der Waals surface area contributed by atoms with Crippen molar-refractivity contribution in [3.8, 4) is 0 Å². The summed E-state index contributed by atoms with van der Waals surface area (Å²) in [7, 11) is 1.97. The standard InChI is InChI=1S/C15H23N3O/c1-11(13-7-6-8-19-13)16-9-12-10-18(5)17-14(12)15(2,3)4/h6-8,10-11,16H,9H2,1-5H3/t11-/m1/s1. The molecule has 2 aromatic heterocycles. The summed E-state index contributed by atoms with van der Waals surface area (Å²) in [6, 6.07) is 4.10. The summed E-state index contributed by atoms with van der Waals surface area (Å²) < 4.78 is 7.29. The summed E-state index contributed by atoms with van der Waals surface area (Å²) in [5.41, 5.74) is 2.45. The van der Waals surface area contributed by atoms with Gasteiger partial charge in [-0.3, -0.25) is 4.68 Å². The molecule has 2 rings (SSSR count). The van der Waals surface area contributed by atoms with Gasteiger partial charge in [0.15, 0.2) is 0 Å². The van der Waals surface area contributed by atoms with E-state index in [2.05, 4.69) is 44.3 Å². The summed E-state index contributed by atoms with van der Waals surface area (Å²) in [4.78, 5) is 0. The second-order valence-electron chi connectivity index (χ2n) is 6.04. The zero-order valence-electron chi connectivity index (χ0n) is 12.4. The van der Waals surface area contributed by atoms with Gasteiger partial charge in [0.05, 0.1) is 18.0 Å². The second-order valence-corrected chi connectivity index (χ2v) is 6.04. The van der Waals surface area contributed by atoms with Crippen LogP contribution in [0.5, 0.6) is 0 Å². The molecule has 0 aromatic carbocycles. The molecule has 0 spiro atoms. The molecule has 19 heavy (non-hydrogen) atoms. The molecule has 4 heteroatoms. The van der Waals surface area contributed by atoms with Gasteiger partial charge in [-0.05, 0) is 19.1 Å². The molecule has 0 amide bonds. The van der Waals surface area contributed by atoms with Crippen LogP contribution < -0.4 is 5.32 Å². The highest BCUT2D eigenvalue weighted by Crippen LogP contribution is 2.24. The van der Waals surface area contributed by atoms with Crippen LogP contribution in [-0.4, -0.2) is 9.78 Å². The molecule has 0 unspecified atom stereocenters. The van der Waals surface area contributed by atoms with Crippen LogP contribution in [0.2, 0.25) is 0 Å². The van der Waals surface area contributed by atoms with E-state index in [1.807, 2.05) is 23.9 Å². The highest BCUT2D eigenvalue weighted by atomic mass is 16.3. The molecule has 1 N–H and O–H groups in total. The van der Waals surface area contributed by atoms with Crippen molar-refractivity contribution in [2.45, 2.75) is 45.7 Å². The van der Waals surface area contributed by atoms with E-state index in [0.717, 1.165) is 18.0 Å². The summed E-state index contributed by atoms with van der Waals surface area (Å²) in [5, 5.41) is 8.06. The fraction of sp³-hybridized carbons (Fsp3) is 0.533. The maximum absolute atomic E-state index is 5.40. The molecule has 0 saturated heterocycles. The predicted octanol–water partition coefficient (Wildman–Crippen LogP) is 3.16. The summed E-state index contributed by atoms with van der Waals surface area (Å²) in [6.07, 6.45) is 3.79. The number of aromatic nitrogens is 2. The van der Waals surface area contributed by atoms with Crippen molar-refractivity contribution in [1.29, 1.82) is 0 Å². The SMILES string of the molecule is C[C@@H](NCc1cn(C)nc1C(C)(C)C)c1ccco1. The Balaban J connectivity index is 2.08. The van der Waals surface area contributed by atoms with Crippen molar-refractivity contribution in [2.24, 2.45) is 7.05 Å². The zero-order chi connectivity index (χ0) is 14.0. The van der Waals surface area contributed by atoms with E-state index in [9.17, 15) is 0 Å². The van der Waals surface area contributed by atoms with Crippen LogP contribution in [-0.2, 0) is 19.0 Å². The second kappa shape index (κ2) is 5.21. The Bertz CT molecular complexity index is 520. The van der Waals surface area contributed by atoms with Gasteiger partial charge < -0.3 is 9.73 Å². The monoisotopic (exact) mass is 261 g/mol. The zero-order valence-corrected chi connectivity index (χ0v) is 12.4. The van der Waals surface area contributed by atoms with Crippen LogP contribution in [0.15, 0.2) is 29.0 Å². The van der Waals surface area contributed by atoms with Gasteiger partial charge in [-0.25, -0.2) is 0 Å². The van der Waals surface area contributed by atoms with Crippen LogP contribution in [0.4, 0.5) is 0 Å².